The number of likely N-dealkylation sites (tertiary alicyclic amines) is 2. The summed E-state index contributed by atoms with van der Waals surface area (Å²) in [6.07, 6.45) is 9.51. The van der Waals surface area contributed by atoms with Crippen LogP contribution in [0.15, 0.2) is 109 Å². The topological polar surface area (TPSA) is 275 Å². The molecule has 22 nitrogen and oxygen atoms in total. The molecule has 0 spiro atoms. The number of carbonyl (C=O) groups is 8. The smallest absolute Gasteiger partial charge is 0.251 e. The lowest BCUT2D eigenvalue weighted by Crippen LogP contribution is -2.57. The highest BCUT2D eigenvalue weighted by atomic mass is 16.2. The van der Waals surface area contributed by atoms with E-state index in [1.807, 2.05) is 80.6 Å². The first-order chi connectivity index (χ1) is 40.5. The molecule has 5 aromatic rings. The van der Waals surface area contributed by atoms with Gasteiger partial charge in [0.25, 0.3) is 11.8 Å². The number of nitrogens with one attached hydrogen (secondary N) is 8. The van der Waals surface area contributed by atoms with Gasteiger partial charge in [-0.25, -0.2) is 9.36 Å². The normalized spacial score (nSPS) is 20.4. The summed E-state index contributed by atoms with van der Waals surface area (Å²) in [5, 5.41) is 33.1. The average molecular weight is 1150 g/mol. The molecule has 4 heterocycles. The number of anilines is 2. The Labute approximate surface area is 489 Å². The van der Waals surface area contributed by atoms with Crippen LogP contribution in [0.25, 0.3) is 11.4 Å². The molecule has 8 N–H and O–H groups in total. The highest BCUT2D eigenvalue weighted by molar-refractivity contribution is 6.02. The second-order valence-electron chi connectivity index (χ2n) is 22.6. The van der Waals surface area contributed by atoms with Crippen LogP contribution in [0, 0.1) is 19.8 Å². The maximum atomic E-state index is 15.0. The van der Waals surface area contributed by atoms with Gasteiger partial charge in [0.2, 0.25) is 35.4 Å². The maximum Gasteiger partial charge on any atom is 0.251 e. The number of hydrogen-bond acceptors (Lipinski definition) is 12. The van der Waals surface area contributed by atoms with E-state index in [1.165, 1.54) is 34.1 Å². The Morgan fingerprint density at radius 1 is 0.560 bits per heavy atom. The van der Waals surface area contributed by atoms with Crippen LogP contribution in [0.3, 0.4) is 0 Å². The molecule has 8 amide bonds. The molecule has 444 valence electrons. The minimum atomic E-state index is -1.06. The Hall–Kier alpha value is -8.50. The van der Waals surface area contributed by atoms with Crippen LogP contribution in [0.5, 0.6) is 0 Å². The van der Waals surface area contributed by atoms with Crippen molar-refractivity contribution < 1.29 is 38.4 Å². The van der Waals surface area contributed by atoms with Gasteiger partial charge >= 0.3 is 0 Å². The number of para-hydroxylation sites is 2. The van der Waals surface area contributed by atoms with Crippen molar-refractivity contribution in [3.05, 3.63) is 131 Å². The minimum absolute atomic E-state index is 0.0171. The molecule has 3 aromatic carbocycles. The molecule has 2 aliphatic heterocycles. The second kappa shape index (κ2) is 27.3. The van der Waals surface area contributed by atoms with E-state index in [-0.39, 0.29) is 54.8 Å². The van der Waals surface area contributed by atoms with Crippen LogP contribution >= 0.6 is 0 Å². The summed E-state index contributed by atoms with van der Waals surface area (Å²) in [4.78, 5) is 117. The zero-order chi connectivity index (χ0) is 59.6. The molecule has 2 aliphatic carbocycles. The third-order valence-corrected chi connectivity index (χ3v) is 16.6. The van der Waals surface area contributed by atoms with Crippen LogP contribution in [0.1, 0.15) is 117 Å². The summed E-state index contributed by atoms with van der Waals surface area (Å²) < 4.78 is 3.23. The lowest BCUT2D eigenvalue weighted by atomic mass is 9.83. The Morgan fingerprint density at radius 3 is 1.48 bits per heavy atom. The van der Waals surface area contributed by atoms with Gasteiger partial charge in [-0.2, -0.15) is 10.2 Å². The van der Waals surface area contributed by atoms with E-state index in [9.17, 15) is 38.4 Å². The van der Waals surface area contributed by atoms with Crippen molar-refractivity contribution >= 4 is 58.9 Å². The highest BCUT2D eigenvalue weighted by Gasteiger charge is 2.46. The number of aromatic nitrogens is 4. The quantitative estimate of drug-likeness (QED) is 0.0497. The van der Waals surface area contributed by atoms with E-state index in [1.54, 1.807) is 49.4 Å². The largest absolute Gasteiger partial charge is 0.347 e. The van der Waals surface area contributed by atoms with Crippen molar-refractivity contribution in [1.82, 2.24) is 61.3 Å². The number of allylic oxidation sites excluding steroid dienone is 1. The molecular formula is C62H78N14O8. The van der Waals surface area contributed by atoms with E-state index in [0.29, 0.717) is 35.1 Å². The predicted molar refractivity (Wildman–Crippen MR) is 317 cm³/mol. The number of likely N-dealkylation sites (N-methyl/N-ethyl adjacent to an activating group) is 2. The molecule has 22 heteroatoms. The van der Waals surface area contributed by atoms with Crippen LogP contribution in [0.4, 0.5) is 11.6 Å². The summed E-state index contributed by atoms with van der Waals surface area (Å²) >= 11 is 0. The van der Waals surface area contributed by atoms with Crippen molar-refractivity contribution in [2.24, 2.45) is 5.92 Å². The van der Waals surface area contributed by atoms with Crippen molar-refractivity contribution in [3.8, 4) is 11.4 Å². The molecule has 2 saturated heterocycles. The van der Waals surface area contributed by atoms with Crippen molar-refractivity contribution in [1.29, 1.82) is 0 Å². The summed E-state index contributed by atoms with van der Waals surface area (Å²) in [5.41, 5.74) is 3.93. The lowest BCUT2D eigenvalue weighted by Gasteiger charge is -2.35. The Morgan fingerprint density at radius 2 is 1.02 bits per heavy atom. The molecule has 84 heavy (non-hydrogen) atoms. The average Bonchev–Trinajstić information content (AvgIpc) is 3.37. The first kappa shape index (κ1) is 60.1. The molecular weight excluding hydrogens is 1070 g/mol. The number of benzene rings is 3. The van der Waals surface area contributed by atoms with Gasteiger partial charge in [0.1, 0.15) is 35.8 Å². The van der Waals surface area contributed by atoms with Gasteiger partial charge in [-0.3, -0.25) is 38.4 Å². The maximum absolute atomic E-state index is 15.0. The van der Waals surface area contributed by atoms with Crippen LogP contribution in [0.2, 0.25) is 0 Å². The van der Waals surface area contributed by atoms with Crippen LogP contribution < -0.4 is 42.5 Å². The van der Waals surface area contributed by atoms with Gasteiger partial charge in [-0.1, -0.05) is 61.7 Å². The summed E-state index contributed by atoms with van der Waals surface area (Å²) in [5.74, 6) is -2.94. The van der Waals surface area contributed by atoms with E-state index >= 15 is 0 Å². The molecule has 8 atom stereocenters. The van der Waals surface area contributed by atoms with Gasteiger partial charge in [0.05, 0.1) is 34.8 Å². The van der Waals surface area contributed by atoms with Gasteiger partial charge in [-0.05, 0) is 153 Å². The second-order valence-corrected chi connectivity index (χ2v) is 22.6. The highest BCUT2D eigenvalue weighted by Crippen LogP contribution is 2.32. The van der Waals surface area contributed by atoms with Crippen LogP contribution in [-0.4, -0.2) is 152 Å². The van der Waals surface area contributed by atoms with Gasteiger partial charge in [0.15, 0.2) is 0 Å². The third-order valence-electron chi connectivity index (χ3n) is 16.6. The van der Waals surface area contributed by atoms with E-state index in [2.05, 4.69) is 52.7 Å². The Balaban J connectivity index is 0.919. The number of aryl methyl sites for hydroxylation is 2. The van der Waals surface area contributed by atoms with E-state index < -0.39 is 83.8 Å². The zero-order valence-electron chi connectivity index (χ0n) is 48.7. The third kappa shape index (κ3) is 14.1. The number of rotatable bonds is 20. The minimum Gasteiger partial charge on any atom is -0.347 e. The first-order valence-corrected chi connectivity index (χ1v) is 29.3. The molecule has 1 saturated carbocycles. The number of carbonyl (C=O) groups excluding carboxylic acids is 8. The van der Waals surface area contributed by atoms with Gasteiger partial charge in [-0.15, -0.1) is 0 Å². The SMILES string of the molecule is CN[C@@H](C)C(=O)N[C@H](C(=O)N1C[C@@H](NC(=O)c2ccc(C(=O)N[C@H]3C[C@@H](C(=O)Nc4cc(C)nn4-c4ccccc4)N(C(=O)[C@@H](NC(=O)[C@H](C)NC)C4CCCCC4)C3)cc2)C[C@H]1C(=O)Nc1cc(C)nn1-c1ccccc1)C1=CCCCC1. The van der Waals surface area contributed by atoms with Gasteiger partial charge in [0, 0.05) is 48.4 Å². The molecule has 3 fully saturated rings. The summed E-state index contributed by atoms with van der Waals surface area (Å²) in [6.45, 7) is 6.98. The Kier molecular flexibility index (Phi) is 19.5. The number of hydrogen-bond donors (Lipinski definition) is 8. The van der Waals surface area contributed by atoms with Crippen molar-refractivity contribution in [3.63, 3.8) is 0 Å². The predicted octanol–water partition coefficient (Wildman–Crippen LogP) is 4.62. The Bertz CT molecular complexity index is 3230. The molecule has 0 bridgehead atoms. The fourth-order valence-electron chi connectivity index (χ4n) is 11.7. The van der Waals surface area contributed by atoms with Gasteiger partial charge < -0.3 is 52.3 Å². The molecule has 9 rings (SSSR count). The molecule has 2 aromatic heterocycles. The fourth-order valence-corrected chi connectivity index (χ4v) is 11.7. The number of nitrogens with zero attached hydrogens (tertiary/aromatic N) is 6. The van der Waals surface area contributed by atoms with E-state index in [4.69, 9.17) is 0 Å². The van der Waals surface area contributed by atoms with Crippen molar-refractivity contribution in [2.75, 3.05) is 37.8 Å². The zero-order valence-corrected chi connectivity index (χ0v) is 48.7. The molecule has 0 radical (unpaired) electrons. The van der Waals surface area contributed by atoms with Crippen LogP contribution in [-0.2, 0) is 28.8 Å². The molecule has 4 aliphatic rings. The monoisotopic (exact) mass is 1150 g/mol. The van der Waals surface area contributed by atoms with Crippen molar-refractivity contribution in [2.45, 2.75) is 147 Å². The van der Waals surface area contributed by atoms with E-state index in [0.717, 1.165) is 62.6 Å². The molecule has 0 unspecified atom stereocenters. The number of amides is 8. The summed E-state index contributed by atoms with van der Waals surface area (Å²) in [7, 11) is 3.33. The standard InChI is InChI=1S/C62H78N14O8/c1-37-31-51(75(71-37)47-23-15-9-16-24-47)67-59(81)49-33-45(35-73(49)61(83)53(41-19-11-7-12-20-41)69-55(77)39(3)63-5)65-57(79)43-27-29-44(30-28-43)58(80)66-46-34-50(60(82)68-52-32-38(2)72-76(52)48-25-17-10-18-26-48)74(36-46)62(84)54(42-21-13-8-14-22-42)70-56(78)40(4)64-6/h9-10,15-19,23-32,39-40,42,45-46,49-50,53-54,63-64H,7-8,11-14,20-22,33-36H2,1-6H3,(H,65,79)(H,66,80)(H,67,81)(H,68,82)(H,69,77)(H,70,78)/t39-,40-,45-,46-,49-,50-,53-,54-/m0/s1. The summed E-state index contributed by atoms with van der Waals surface area (Å²) in [6, 6.07) is 21.5. The fraction of sp³-hybridized carbons (Fsp3) is 0.452. The lowest BCUT2D eigenvalue weighted by molar-refractivity contribution is -0.142. The first-order valence-electron chi connectivity index (χ1n) is 29.3.